The third kappa shape index (κ3) is 3.30. The van der Waals surface area contributed by atoms with Crippen molar-refractivity contribution in [2.75, 3.05) is 7.05 Å². The molecule has 0 aliphatic heterocycles. The lowest BCUT2D eigenvalue weighted by Gasteiger charge is -2.13. The molecular weight excluding hydrogens is 232 g/mol. The highest BCUT2D eigenvalue weighted by Crippen LogP contribution is 2.07. The molecule has 3 N–H and O–H groups in total. The summed E-state index contributed by atoms with van der Waals surface area (Å²) in [5, 5.41) is 13.6. The average Bonchev–Trinajstić information content (AvgIpc) is 2.17. The Labute approximate surface area is 93.5 Å². The minimum atomic E-state index is -3.71. The molecular formula is C9H12N2O4S. The van der Waals surface area contributed by atoms with Gasteiger partial charge in [-0.1, -0.05) is 12.1 Å². The molecule has 6 nitrogen and oxygen atoms in total. The van der Waals surface area contributed by atoms with E-state index in [1.807, 2.05) is 0 Å². The summed E-state index contributed by atoms with van der Waals surface area (Å²) in [6.07, 6.45) is 0. The number of carboxylic acid groups (broad SMARTS) is 1. The van der Waals surface area contributed by atoms with Gasteiger partial charge in [0.25, 0.3) is 10.2 Å². The summed E-state index contributed by atoms with van der Waals surface area (Å²) >= 11 is 0. The number of carboxylic acids is 1. The van der Waals surface area contributed by atoms with Gasteiger partial charge < -0.3 is 5.11 Å². The SMILES string of the molecule is CN(Cc1ccc(C(=O)O)cc1)S(N)(=O)=O. The van der Waals surface area contributed by atoms with Crippen molar-refractivity contribution >= 4 is 16.2 Å². The number of carbonyl (C=O) groups is 1. The Morgan fingerprint density at radius 3 is 2.25 bits per heavy atom. The second-order valence-corrected chi connectivity index (χ2v) is 4.96. The van der Waals surface area contributed by atoms with Crippen LogP contribution >= 0.6 is 0 Å². The van der Waals surface area contributed by atoms with Crippen molar-refractivity contribution in [3.63, 3.8) is 0 Å². The molecule has 7 heteroatoms. The molecule has 0 radical (unpaired) electrons. The fraction of sp³-hybridized carbons (Fsp3) is 0.222. The molecule has 0 heterocycles. The maximum atomic E-state index is 10.9. The molecule has 0 unspecified atom stereocenters. The molecule has 0 aromatic heterocycles. The van der Waals surface area contributed by atoms with Gasteiger partial charge in [0.15, 0.2) is 0 Å². The van der Waals surface area contributed by atoms with Crippen LogP contribution in [-0.4, -0.2) is 30.8 Å². The second-order valence-electron chi connectivity index (χ2n) is 3.30. The van der Waals surface area contributed by atoms with E-state index in [2.05, 4.69) is 0 Å². The van der Waals surface area contributed by atoms with Crippen LogP contribution in [0.3, 0.4) is 0 Å². The molecule has 0 aliphatic rings. The van der Waals surface area contributed by atoms with E-state index in [4.69, 9.17) is 10.2 Å². The number of rotatable bonds is 4. The summed E-state index contributed by atoms with van der Waals surface area (Å²) in [6.45, 7) is 0.110. The molecule has 0 bridgehead atoms. The van der Waals surface area contributed by atoms with Gasteiger partial charge in [0, 0.05) is 13.6 Å². The Hall–Kier alpha value is -1.44. The van der Waals surface area contributed by atoms with Crippen LogP contribution in [0.2, 0.25) is 0 Å². The highest BCUT2D eigenvalue weighted by atomic mass is 32.2. The van der Waals surface area contributed by atoms with Crippen LogP contribution in [0, 0.1) is 0 Å². The molecule has 16 heavy (non-hydrogen) atoms. The third-order valence-electron chi connectivity index (χ3n) is 2.04. The number of nitrogens with two attached hydrogens (primary N) is 1. The van der Waals surface area contributed by atoms with Crippen LogP contribution in [-0.2, 0) is 16.8 Å². The molecule has 1 aromatic rings. The first-order valence-electron chi connectivity index (χ1n) is 4.37. The number of benzene rings is 1. The summed E-state index contributed by atoms with van der Waals surface area (Å²) < 4.78 is 22.8. The van der Waals surface area contributed by atoms with Crippen molar-refractivity contribution in [2.45, 2.75) is 6.54 Å². The first-order valence-corrected chi connectivity index (χ1v) is 5.87. The predicted octanol–water partition coefficient (Wildman–Crippen LogP) is 0.0201. The summed E-state index contributed by atoms with van der Waals surface area (Å²) in [6, 6.07) is 5.92. The van der Waals surface area contributed by atoms with Crippen molar-refractivity contribution in [2.24, 2.45) is 5.14 Å². The molecule has 1 rings (SSSR count). The first kappa shape index (κ1) is 12.6. The Morgan fingerprint density at radius 1 is 1.38 bits per heavy atom. The highest BCUT2D eigenvalue weighted by Gasteiger charge is 2.12. The van der Waals surface area contributed by atoms with Gasteiger partial charge in [0.05, 0.1) is 5.56 Å². The van der Waals surface area contributed by atoms with Crippen molar-refractivity contribution in [3.8, 4) is 0 Å². The monoisotopic (exact) mass is 244 g/mol. The van der Waals surface area contributed by atoms with Gasteiger partial charge in [0.2, 0.25) is 0 Å². The van der Waals surface area contributed by atoms with E-state index in [1.165, 1.54) is 19.2 Å². The van der Waals surface area contributed by atoms with Crippen LogP contribution in [0.4, 0.5) is 0 Å². The number of nitrogens with zero attached hydrogens (tertiary/aromatic N) is 1. The van der Waals surface area contributed by atoms with Crippen LogP contribution in [0.1, 0.15) is 15.9 Å². The molecule has 0 aliphatic carbocycles. The Kier molecular flexibility index (Phi) is 3.63. The van der Waals surface area contributed by atoms with Crippen molar-refractivity contribution < 1.29 is 18.3 Å². The predicted molar refractivity (Wildman–Crippen MR) is 58.0 cm³/mol. The molecule has 1 aromatic carbocycles. The van der Waals surface area contributed by atoms with E-state index in [0.717, 1.165) is 4.31 Å². The third-order valence-corrected chi connectivity index (χ3v) is 3.04. The van der Waals surface area contributed by atoms with E-state index in [1.54, 1.807) is 12.1 Å². The summed E-state index contributed by atoms with van der Waals surface area (Å²) in [4.78, 5) is 10.6. The summed E-state index contributed by atoms with van der Waals surface area (Å²) in [5.74, 6) is -1.02. The van der Waals surface area contributed by atoms with E-state index in [9.17, 15) is 13.2 Å². The van der Waals surface area contributed by atoms with Crippen LogP contribution in [0.25, 0.3) is 0 Å². The minimum absolute atomic E-state index is 0.110. The van der Waals surface area contributed by atoms with Crippen LogP contribution in [0.15, 0.2) is 24.3 Å². The largest absolute Gasteiger partial charge is 0.478 e. The maximum absolute atomic E-state index is 10.9. The zero-order chi connectivity index (χ0) is 12.3. The topological polar surface area (TPSA) is 101 Å². The number of aromatic carboxylic acids is 1. The van der Waals surface area contributed by atoms with Crippen molar-refractivity contribution in [1.82, 2.24) is 4.31 Å². The zero-order valence-corrected chi connectivity index (χ0v) is 9.44. The molecule has 0 saturated carbocycles. The quantitative estimate of drug-likeness (QED) is 0.779. The van der Waals surface area contributed by atoms with Crippen molar-refractivity contribution in [1.29, 1.82) is 0 Å². The first-order chi connectivity index (χ1) is 7.30. The average molecular weight is 244 g/mol. The van der Waals surface area contributed by atoms with E-state index < -0.39 is 16.2 Å². The lowest BCUT2D eigenvalue weighted by atomic mass is 10.1. The van der Waals surface area contributed by atoms with Gasteiger partial charge in [0.1, 0.15) is 0 Å². The summed E-state index contributed by atoms with van der Waals surface area (Å²) in [5.41, 5.74) is 0.823. The van der Waals surface area contributed by atoms with E-state index >= 15 is 0 Å². The van der Waals surface area contributed by atoms with Gasteiger partial charge in [-0.25, -0.2) is 9.93 Å². The number of hydrogen-bond acceptors (Lipinski definition) is 3. The molecule has 0 saturated heterocycles. The Bertz CT molecular complexity index is 481. The van der Waals surface area contributed by atoms with Crippen LogP contribution in [0.5, 0.6) is 0 Å². The molecule has 0 fully saturated rings. The molecule has 0 atom stereocenters. The zero-order valence-electron chi connectivity index (χ0n) is 8.62. The standard InChI is InChI=1S/C9H12N2O4S/c1-11(16(10,14)15)6-7-2-4-8(5-3-7)9(12)13/h2-5H,6H2,1H3,(H,12,13)(H2,10,14,15). The van der Waals surface area contributed by atoms with Crippen molar-refractivity contribution in [3.05, 3.63) is 35.4 Å². The van der Waals surface area contributed by atoms with Gasteiger partial charge >= 0.3 is 5.97 Å². The van der Waals surface area contributed by atoms with Gasteiger partial charge in [-0.05, 0) is 17.7 Å². The van der Waals surface area contributed by atoms with Gasteiger partial charge in [-0.15, -0.1) is 0 Å². The molecule has 88 valence electrons. The minimum Gasteiger partial charge on any atom is -0.478 e. The lowest BCUT2D eigenvalue weighted by molar-refractivity contribution is 0.0697. The Balaban J connectivity index is 2.81. The maximum Gasteiger partial charge on any atom is 0.335 e. The smallest absolute Gasteiger partial charge is 0.335 e. The Morgan fingerprint density at radius 2 is 1.88 bits per heavy atom. The van der Waals surface area contributed by atoms with E-state index in [-0.39, 0.29) is 12.1 Å². The lowest BCUT2D eigenvalue weighted by Crippen LogP contribution is -2.32. The molecule has 0 amide bonds. The van der Waals surface area contributed by atoms with Crippen LogP contribution < -0.4 is 5.14 Å². The fourth-order valence-corrected chi connectivity index (χ4v) is 1.43. The number of hydrogen-bond donors (Lipinski definition) is 2. The fourth-order valence-electron chi connectivity index (χ4n) is 1.10. The van der Waals surface area contributed by atoms with Gasteiger partial charge in [-0.3, -0.25) is 0 Å². The normalized spacial score (nSPS) is 11.7. The highest BCUT2D eigenvalue weighted by molar-refractivity contribution is 7.86. The van der Waals surface area contributed by atoms with E-state index in [0.29, 0.717) is 5.56 Å². The summed E-state index contributed by atoms with van der Waals surface area (Å²) in [7, 11) is -2.36. The second kappa shape index (κ2) is 4.60. The molecule has 0 spiro atoms. The van der Waals surface area contributed by atoms with Gasteiger partial charge in [-0.2, -0.15) is 12.7 Å².